The predicted molar refractivity (Wildman–Crippen MR) is 89.5 cm³/mol. The molecule has 1 saturated heterocycles. The van der Waals surface area contributed by atoms with Gasteiger partial charge < -0.3 is 9.64 Å². The molecule has 0 saturated carbocycles. The number of carbonyl (C=O) groups excluding carboxylic acids is 1. The van der Waals surface area contributed by atoms with Gasteiger partial charge in [0.25, 0.3) is 0 Å². The molecule has 1 atom stereocenters. The fourth-order valence-corrected chi connectivity index (χ4v) is 2.65. The lowest BCUT2D eigenvalue weighted by molar-refractivity contribution is -0.136. The SMILES string of the molecule is C.CC(C)CCCN1CCO[C@@H](CN(C)C(=O)C(C)C)C1. The average Bonchev–Trinajstić information content (AvgIpc) is 2.37. The molecule has 1 amide bonds. The number of nitrogens with zero attached hydrogens (tertiary/aromatic N) is 2. The minimum absolute atomic E-state index is 0. The number of rotatable bonds is 7. The van der Waals surface area contributed by atoms with Gasteiger partial charge in [0, 0.05) is 32.6 Å². The number of ether oxygens (including phenoxy) is 1. The third kappa shape index (κ3) is 7.82. The highest BCUT2D eigenvalue weighted by molar-refractivity contribution is 5.77. The van der Waals surface area contributed by atoms with Gasteiger partial charge in [-0.2, -0.15) is 0 Å². The Labute approximate surface area is 131 Å². The molecule has 0 aromatic heterocycles. The minimum atomic E-state index is 0. The van der Waals surface area contributed by atoms with Crippen LogP contribution < -0.4 is 0 Å². The Hall–Kier alpha value is -0.610. The van der Waals surface area contributed by atoms with E-state index in [1.54, 1.807) is 0 Å². The van der Waals surface area contributed by atoms with Crippen LogP contribution in [0.3, 0.4) is 0 Å². The molecule has 1 aliphatic rings. The molecule has 0 N–H and O–H groups in total. The second-order valence-corrected chi connectivity index (χ2v) is 6.70. The molecule has 0 aromatic rings. The highest BCUT2D eigenvalue weighted by atomic mass is 16.5. The van der Waals surface area contributed by atoms with Crippen LogP contribution in [0, 0.1) is 11.8 Å². The first-order valence-corrected chi connectivity index (χ1v) is 7.99. The monoisotopic (exact) mass is 300 g/mol. The zero-order valence-corrected chi connectivity index (χ0v) is 13.9. The maximum absolute atomic E-state index is 11.9. The van der Waals surface area contributed by atoms with Crippen LogP contribution in [0.2, 0.25) is 0 Å². The predicted octanol–water partition coefficient (Wildman–Crippen LogP) is 2.87. The fraction of sp³-hybridized carbons (Fsp3) is 0.941. The molecule has 4 heteroatoms. The van der Waals surface area contributed by atoms with E-state index in [-0.39, 0.29) is 25.4 Å². The van der Waals surface area contributed by atoms with Crippen molar-refractivity contribution in [3.63, 3.8) is 0 Å². The van der Waals surface area contributed by atoms with Crippen molar-refractivity contribution in [2.45, 2.75) is 54.1 Å². The summed E-state index contributed by atoms with van der Waals surface area (Å²) in [6.07, 6.45) is 2.70. The molecular weight excluding hydrogens is 264 g/mol. The Morgan fingerprint density at radius 3 is 2.57 bits per heavy atom. The summed E-state index contributed by atoms with van der Waals surface area (Å²) in [7, 11) is 1.88. The number of amides is 1. The quantitative estimate of drug-likeness (QED) is 0.725. The van der Waals surface area contributed by atoms with Crippen molar-refractivity contribution < 1.29 is 9.53 Å². The van der Waals surface area contributed by atoms with Gasteiger partial charge in [-0.15, -0.1) is 0 Å². The first kappa shape index (κ1) is 20.4. The van der Waals surface area contributed by atoms with E-state index in [0.717, 1.165) is 32.2 Å². The zero-order chi connectivity index (χ0) is 15.1. The summed E-state index contributed by atoms with van der Waals surface area (Å²) in [6, 6.07) is 0. The van der Waals surface area contributed by atoms with Gasteiger partial charge >= 0.3 is 0 Å². The molecule has 1 aliphatic heterocycles. The van der Waals surface area contributed by atoms with Gasteiger partial charge in [-0.05, 0) is 25.3 Å². The first-order valence-electron chi connectivity index (χ1n) is 7.99. The van der Waals surface area contributed by atoms with Crippen LogP contribution in [0.4, 0.5) is 0 Å². The van der Waals surface area contributed by atoms with Crippen molar-refractivity contribution >= 4 is 5.91 Å². The highest BCUT2D eigenvalue weighted by Gasteiger charge is 2.23. The lowest BCUT2D eigenvalue weighted by atomic mass is 10.1. The van der Waals surface area contributed by atoms with Crippen molar-refractivity contribution in [2.75, 3.05) is 39.8 Å². The fourth-order valence-electron chi connectivity index (χ4n) is 2.65. The molecular formula is C17H36N2O2. The van der Waals surface area contributed by atoms with Gasteiger partial charge in [0.15, 0.2) is 0 Å². The third-order valence-corrected chi connectivity index (χ3v) is 3.83. The summed E-state index contributed by atoms with van der Waals surface area (Å²) in [5.74, 6) is 1.04. The van der Waals surface area contributed by atoms with Gasteiger partial charge in [-0.1, -0.05) is 35.1 Å². The van der Waals surface area contributed by atoms with E-state index >= 15 is 0 Å². The van der Waals surface area contributed by atoms with Crippen LogP contribution in [-0.2, 0) is 9.53 Å². The molecule has 126 valence electrons. The van der Waals surface area contributed by atoms with E-state index in [9.17, 15) is 4.79 Å². The summed E-state index contributed by atoms with van der Waals surface area (Å²) >= 11 is 0. The standard InChI is InChI=1S/C16H32N2O2.CH4/c1-13(2)7-6-8-18-9-10-20-15(12-18)11-17(5)16(19)14(3)4;/h13-15H,6-12H2,1-5H3;1H4/t15-;/m0./s1. The van der Waals surface area contributed by atoms with E-state index in [1.807, 2.05) is 25.8 Å². The summed E-state index contributed by atoms with van der Waals surface area (Å²) in [5.41, 5.74) is 0. The van der Waals surface area contributed by atoms with Gasteiger partial charge in [0.2, 0.25) is 5.91 Å². The largest absolute Gasteiger partial charge is 0.374 e. The Bertz CT molecular complexity index is 293. The van der Waals surface area contributed by atoms with Gasteiger partial charge in [-0.3, -0.25) is 9.69 Å². The second kappa shape index (κ2) is 10.2. The zero-order valence-electron chi connectivity index (χ0n) is 13.9. The Morgan fingerprint density at radius 2 is 2.00 bits per heavy atom. The van der Waals surface area contributed by atoms with E-state index in [2.05, 4.69) is 18.7 Å². The van der Waals surface area contributed by atoms with Crippen molar-refractivity contribution in [1.82, 2.24) is 9.80 Å². The lowest BCUT2D eigenvalue weighted by Crippen LogP contribution is -2.48. The summed E-state index contributed by atoms with van der Waals surface area (Å²) in [5, 5.41) is 0. The van der Waals surface area contributed by atoms with Crippen molar-refractivity contribution in [3.8, 4) is 0 Å². The molecule has 0 radical (unpaired) electrons. The summed E-state index contributed by atoms with van der Waals surface area (Å²) in [6.45, 7) is 13.1. The van der Waals surface area contributed by atoms with Crippen LogP contribution in [-0.4, -0.2) is 61.6 Å². The molecule has 0 aromatic carbocycles. The normalized spacial score (nSPS) is 19.7. The molecule has 0 bridgehead atoms. The molecule has 0 aliphatic carbocycles. The Balaban J connectivity index is 0.00000400. The summed E-state index contributed by atoms with van der Waals surface area (Å²) in [4.78, 5) is 16.2. The highest BCUT2D eigenvalue weighted by Crippen LogP contribution is 2.11. The van der Waals surface area contributed by atoms with E-state index in [4.69, 9.17) is 4.74 Å². The van der Waals surface area contributed by atoms with Crippen LogP contribution in [0.5, 0.6) is 0 Å². The van der Waals surface area contributed by atoms with Crippen LogP contribution in [0.1, 0.15) is 48.0 Å². The number of hydrogen-bond acceptors (Lipinski definition) is 3. The van der Waals surface area contributed by atoms with Crippen LogP contribution in [0.15, 0.2) is 0 Å². The Morgan fingerprint density at radius 1 is 1.33 bits per heavy atom. The van der Waals surface area contributed by atoms with Crippen molar-refractivity contribution in [3.05, 3.63) is 0 Å². The van der Waals surface area contributed by atoms with E-state index < -0.39 is 0 Å². The van der Waals surface area contributed by atoms with Gasteiger partial charge in [0.05, 0.1) is 12.7 Å². The van der Waals surface area contributed by atoms with Crippen LogP contribution >= 0.6 is 0 Å². The minimum Gasteiger partial charge on any atom is -0.374 e. The average molecular weight is 300 g/mol. The van der Waals surface area contributed by atoms with Gasteiger partial charge in [0.1, 0.15) is 0 Å². The first-order chi connectivity index (χ1) is 9.40. The lowest BCUT2D eigenvalue weighted by Gasteiger charge is -2.35. The molecule has 1 heterocycles. The smallest absolute Gasteiger partial charge is 0.224 e. The maximum Gasteiger partial charge on any atom is 0.224 e. The molecule has 1 fully saturated rings. The molecule has 0 unspecified atom stereocenters. The van der Waals surface area contributed by atoms with Crippen molar-refractivity contribution in [1.29, 1.82) is 0 Å². The molecule has 0 spiro atoms. The number of carbonyl (C=O) groups is 1. The van der Waals surface area contributed by atoms with E-state index in [1.165, 1.54) is 12.8 Å². The Kier molecular flexibility index (Phi) is 9.88. The molecule has 21 heavy (non-hydrogen) atoms. The number of likely N-dealkylation sites (N-methyl/N-ethyl adjacent to an activating group) is 1. The maximum atomic E-state index is 11.9. The topological polar surface area (TPSA) is 32.8 Å². The number of morpholine rings is 1. The second-order valence-electron chi connectivity index (χ2n) is 6.70. The third-order valence-electron chi connectivity index (χ3n) is 3.83. The number of hydrogen-bond donors (Lipinski definition) is 0. The molecule has 4 nitrogen and oxygen atoms in total. The van der Waals surface area contributed by atoms with Crippen LogP contribution in [0.25, 0.3) is 0 Å². The summed E-state index contributed by atoms with van der Waals surface area (Å²) < 4.78 is 5.80. The molecule has 1 rings (SSSR count). The van der Waals surface area contributed by atoms with Crippen molar-refractivity contribution in [2.24, 2.45) is 11.8 Å². The van der Waals surface area contributed by atoms with E-state index in [0.29, 0.717) is 6.54 Å². The van der Waals surface area contributed by atoms with Gasteiger partial charge in [-0.25, -0.2) is 0 Å².